The Morgan fingerprint density at radius 2 is 1.43 bits per heavy atom. The van der Waals surface area contributed by atoms with Gasteiger partial charge in [0.25, 0.3) is 0 Å². The Hall–Kier alpha value is -1.84. The summed E-state index contributed by atoms with van der Waals surface area (Å²) in [6.07, 6.45) is 0.243. The van der Waals surface area contributed by atoms with Crippen LogP contribution in [0.15, 0.2) is 48.5 Å². The molecule has 2 aromatic carbocycles. The fourth-order valence-corrected chi connectivity index (χ4v) is 2.02. The number of ether oxygens (including phenoxy) is 2. The third-order valence-corrected chi connectivity index (χ3v) is 3.18. The van der Waals surface area contributed by atoms with E-state index in [1.54, 1.807) is 0 Å². The lowest BCUT2D eigenvalue weighted by molar-refractivity contribution is 0.0553. The summed E-state index contributed by atoms with van der Waals surface area (Å²) in [5.74, 6) is 0.865. The standard InChI is InChI=1S/C18H23NO2/c1-14(2)20-11-12-21-18-9-7-17(8-10-18)16-5-3-15(13-19)4-6-16/h3-10,14H,11-13,19H2,1-2H3. The first kappa shape index (κ1) is 15.5. The van der Waals surface area contributed by atoms with Crippen molar-refractivity contribution < 1.29 is 9.47 Å². The molecule has 21 heavy (non-hydrogen) atoms. The highest BCUT2D eigenvalue weighted by Crippen LogP contribution is 2.22. The van der Waals surface area contributed by atoms with E-state index in [0.717, 1.165) is 11.3 Å². The van der Waals surface area contributed by atoms with Gasteiger partial charge in [-0.05, 0) is 42.7 Å². The smallest absolute Gasteiger partial charge is 0.119 e. The SMILES string of the molecule is CC(C)OCCOc1ccc(-c2ccc(CN)cc2)cc1. The predicted molar refractivity (Wildman–Crippen MR) is 86.4 cm³/mol. The molecule has 0 spiro atoms. The van der Waals surface area contributed by atoms with Gasteiger partial charge in [-0.15, -0.1) is 0 Å². The maximum atomic E-state index is 5.64. The van der Waals surface area contributed by atoms with Crippen LogP contribution in [0.25, 0.3) is 11.1 Å². The lowest BCUT2D eigenvalue weighted by atomic mass is 10.0. The van der Waals surface area contributed by atoms with E-state index >= 15 is 0 Å². The van der Waals surface area contributed by atoms with Crippen molar-refractivity contribution in [1.82, 2.24) is 0 Å². The molecule has 2 aromatic rings. The minimum atomic E-state index is 0.243. The summed E-state index contributed by atoms with van der Waals surface area (Å²) in [4.78, 5) is 0. The molecule has 0 saturated carbocycles. The van der Waals surface area contributed by atoms with E-state index in [2.05, 4.69) is 36.4 Å². The molecule has 2 N–H and O–H groups in total. The second kappa shape index (κ2) is 7.81. The van der Waals surface area contributed by atoms with Crippen molar-refractivity contribution in [2.24, 2.45) is 5.73 Å². The first-order valence-corrected chi connectivity index (χ1v) is 7.33. The Labute approximate surface area is 126 Å². The molecule has 0 aliphatic heterocycles. The second-order valence-corrected chi connectivity index (χ2v) is 5.19. The molecule has 3 nitrogen and oxygen atoms in total. The maximum Gasteiger partial charge on any atom is 0.119 e. The highest BCUT2D eigenvalue weighted by Gasteiger charge is 2.00. The molecule has 0 fully saturated rings. The third-order valence-electron chi connectivity index (χ3n) is 3.18. The predicted octanol–water partition coefficient (Wildman–Crippen LogP) is 3.62. The van der Waals surface area contributed by atoms with Crippen LogP contribution < -0.4 is 10.5 Å². The summed E-state index contributed by atoms with van der Waals surface area (Å²) < 4.78 is 11.1. The van der Waals surface area contributed by atoms with Crippen molar-refractivity contribution in [1.29, 1.82) is 0 Å². The Morgan fingerprint density at radius 3 is 1.95 bits per heavy atom. The Kier molecular flexibility index (Phi) is 5.78. The summed E-state index contributed by atoms with van der Waals surface area (Å²) in [6, 6.07) is 16.4. The zero-order valence-electron chi connectivity index (χ0n) is 12.7. The molecule has 0 aromatic heterocycles. The van der Waals surface area contributed by atoms with Crippen molar-refractivity contribution in [2.75, 3.05) is 13.2 Å². The molecular weight excluding hydrogens is 262 g/mol. The molecule has 0 saturated heterocycles. The Balaban J connectivity index is 1.91. The molecule has 3 heteroatoms. The van der Waals surface area contributed by atoms with E-state index in [0.29, 0.717) is 19.8 Å². The summed E-state index contributed by atoms with van der Waals surface area (Å²) in [7, 11) is 0. The number of nitrogens with two attached hydrogens (primary N) is 1. The van der Waals surface area contributed by atoms with Gasteiger partial charge in [-0.25, -0.2) is 0 Å². The van der Waals surface area contributed by atoms with E-state index < -0.39 is 0 Å². The molecule has 0 aliphatic rings. The zero-order chi connectivity index (χ0) is 15.1. The van der Waals surface area contributed by atoms with Gasteiger partial charge in [0.2, 0.25) is 0 Å². The van der Waals surface area contributed by atoms with Crippen LogP contribution in [-0.2, 0) is 11.3 Å². The van der Waals surface area contributed by atoms with Crippen LogP contribution in [0, 0.1) is 0 Å². The van der Waals surface area contributed by atoms with Crippen LogP contribution in [0.2, 0.25) is 0 Å². The molecular formula is C18H23NO2. The third kappa shape index (κ3) is 4.88. The van der Waals surface area contributed by atoms with Gasteiger partial charge in [-0.1, -0.05) is 36.4 Å². The van der Waals surface area contributed by atoms with Crippen LogP contribution in [0.1, 0.15) is 19.4 Å². The molecule has 0 amide bonds. The van der Waals surface area contributed by atoms with Crippen molar-refractivity contribution in [3.63, 3.8) is 0 Å². The van der Waals surface area contributed by atoms with Gasteiger partial charge in [0.15, 0.2) is 0 Å². The zero-order valence-corrected chi connectivity index (χ0v) is 12.7. The van der Waals surface area contributed by atoms with E-state index in [1.165, 1.54) is 11.1 Å². The molecule has 112 valence electrons. The Bertz CT molecular complexity index is 532. The quantitative estimate of drug-likeness (QED) is 0.790. The van der Waals surface area contributed by atoms with Crippen LogP contribution in [-0.4, -0.2) is 19.3 Å². The van der Waals surface area contributed by atoms with Crippen molar-refractivity contribution in [2.45, 2.75) is 26.5 Å². The average molecular weight is 285 g/mol. The van der Waals surface area contributed by atoms with Crippen LogP contribution in [0.5, 0.6) is 5.75 Å². The fourth-order valence-electron chi connectivity index (χ4n) is 2.02. The van der Waals surface area contributed by atoms with Gasteiger partial charge in [-0.3, -0.25) is 0 Å². The average Bonchev–Trinajstić information content (AvgIpc) is 2.52. The molecule has 2 rings (SSSR count). The van der Waals surface area contributed by atoms with Crippen molar-refractivity contribution in [3.8, 4) is 16.9 Å². The second-order valence-electron chi connectivity index (χ2n) is 5.19. The normalized spacial score (nSPS) is 10.9. The highest BCUT2D eigenvalue weighted by molar-refractivity contribution is 5.64. The largest absolute Gasteiger partial charge is 0.491 e. The summed E-state index contributed by atoms with van der Waals surface area (Å²) in [5, 5.41) is 0. The number of hydrogen-bond donors (Lipinski definition) is 1. The van der Waals surface area contributed by atoms with Gasteiger partial charge >= 0.3 is 0 Å². The molecule has 0 radical (unpaired) electrons. The first-order valence-electron chi connectivity index (χ1n) is 7.33. The molecule has 0 aliphatic carbocycles. The highest BCUT2D eigenvalue weighted by atomic mass is 16.5. The summed E-state index contributed by atoms with van der Waals surface area (Å²) in [6.45, 7) is 5.80. The van der Waals surface area contributed by atoms with Gasteiger partial charge in [0, 0.05) is 6.54 Å². The lowest BCUT2D eigenvalue weighted by Gasteiger charge is -2.10. The molecule has 0 heterocycles. The van der Waals surface area contributed by atoms with Gasteiger partial charge in [0.1, 0.15) is 12.4 Å². The van der Waals surface area contributed by atoms with Gasteiger partial charge in [0.05, 0.1) is 12.7 Å². The van der Waals surface area contributed by atoms with Crippen LogP contribution >= 0.6 is 0 Å². The fraction of sp³-hybridized carbons (Fsp3) is 0.333. The molecule has 0 bridgehead atoms. The number of benzene rings is 2. The minimum absolute atomic E-state index is 0.243. The summed E-state index contributed by atoms with van der Waals surface area (Å²) >= 11 is 0. The Morgan fingerprint density at radius 1 is 0.857 bits per heavy atom. The number of rotatable bonds is 7. The first-order chi connectivity index (χ1) is 10.2. The molecule has 0 unspecified atom stereocenters. The van der Waals surface area contributed by atoms with E-state index in [9.17, 15) is 0 Å². The van der Waals surface area contributed by atoms with Crippen LogP contribution in [0.4, 0.5) is 0 Å². The molecule has 0 atom stereocenters. The monoisotopic (exact) mass is 285 g/mol. The van der Waals surface area contributed by atoms with E-state index in [4.69, 9.17) is 15.2 Å². The van der Waals surface area contributed by atoms with Crippen LogP contribution in [0.3, 0.4) is 0 Å². The van der Waals surface area contributed by atoms with Crippen molar-refractivity contribution in [3.05, 3.63) is 54.1 Å². The van der Waals surface area contributed by atoms with E-state index in [1.807, 2.05) is 26.0 Å². The topological polar surface area (TPSA) is 44.5 Å². The van der Waals surface area contributed by atoms with Gasteiger partial charge < -0.3 is 15.2 Å². The summed E-state index contributed by atoms with van der Waals surface area (Å²) in [5.41, 5.74) is 9.10. The maximum absolute atomic E-state index is 5.64. The number of hydrogen-bond acceptors (Lipinski definition) is 3. The van der Waals surface area contributed by atoms with E-state index in [-0.39, 0.29) is 6.10 Å². The lowest BCUT2D eigenvalue weighted by Crippen LogP contribution is -2.11. The van der Waals surface area contributed by atoms with Crippen molar-refractivity contribution >= 4 is 0 Å². The minimum Gasteiger partial charge on any atom is -0.491 e. The van der Waals surface area contributed by atoms with Gasteiger partial charge in [-0.2, -0.15) is 0 Å².